The van der Waals surface area contributed by atoms with Gasteiger partial charge in [-0.2, -0.15) is 0 Å². The van der Waals surface area contributed by atoms with Crippen LogP contribution >= 0.6 is 0 Å². The number of amides is 1. The van der Waals surface area contributed by atoms with Gasteiger partial charge in [-0.1, -0.05) is 43.9 Å². The van der Waals surface area contributed by atoms with Crippen LogP contribution in [0, 0.1) is 11.8 Å². The molecule has 1 N–H and O–H groups in total. The third kappa shape index (κ3) is 2.99. The molecule has 2 fully saturated rings. The van der Waals surface area contributed by atoms with Crippen molar-refractivity contribution in [1.82, 2.24) is 5.32 Å². The van der Waals surface area contributed by atoms with Gasteiger partial charge in [0.2, 0.25) is 0 Å². The van der Waals surface area contributed by atoms with E-state index in [1.54, 1.807) is 0 Å². The van der Waals surface area contributed by atoms with Gasteiger partial charge in [-0.25, -0.2) is 0 Å². The molecule has 19 heavy (non-hydrogen) atoms. The summed E-state index contributed by atoms with van der Waals surface area (Å²) in [6, 6.07) is 9.97. The Hall–Kier alpha value is -1.31. The standard InChI is InChI=1S/C17H23NO/c19-17(14-7-2-1-3-8-14)18-16-11-10-13-6-4-5-9-15(13)12-16/h1-3,7-8,13,15-16H,4-6,9-12H2,(H,18,19)/t13-,15+,16+/m0/s1. The predicted molar refractivity (Wildman–Crippen MR) is 77.0 cm³/mol. The molecule has 2 heteroatoms. The van der Waals surface area contributed by atoms with E-state index < -0.39 is 0 Å². The molecule has 0 radical (unpaired) electrons. The molecule has 2 nitrogen and oxygen atoms in total. The van der Waals surface area contributed by atoms with Gasteiger partial charge in [-0.3, -0.25) is 4.79 Å². The Morgan fingerprint density at radius 2 is 1.68 bits per heavy atom. The summed E-state index contributed by atoms with van der Waals surface area (Å²) in [6.07, 6.45) is 9.28. The monoisotopic (exact) mass is 257 g/mol. The highest BCUT2D eigenvalue weighted by Gasteiger charge is 2.32. The van der Waals surface area contributed by atoms with Crippen molar-refractivity contribution in [3.63, 3.8) is 0 Å². The first-order chi connectivity index (χ1) is 9.33. The van der Waals surface area contributed by atoms with Crippen LogP contribution in [0.15, 0.2) is 30.3 Å². The molecule has 102 valence electrons. The lowest BCUT2D eigenvalue weighted by atomic mass is 9.69. The largest absolute Gasteiger partial charge is 0.349 e. The van der Waals surface area contributed by atoms with Crippen LogP contribution in [-0.4, -0.2) is 11.9 Å². The Bertz CT molecular complexity index is 428. The van der Waals surface area contributed by atoms with Crippen LogP contribution in [0.25, 0.3) is 0 Å². The van der Waals surface area contributed by atoms with Gasteiger partial charge in [-0.15, -0.1) is 0 Å². The Balaban J connectivity index is 1.57. The summed E-state index contributed by atoms with van der Waals surface area (Å²) < 4.78 is 0. The minimum absolute atomic E-state index is 0.0971. The van der Waals surface area contributed by atoms with Gasteiger partial charge < -0.3 is 5.32 Å². The summed E-state index contributed by atoms with van der Waals surface area (Å²) in [7, 11) is 0. The fraction of sp³-hybridized carbons (Fsp3) is 0.588. The Kier molecular flexibility index (Phi) is 3.86. The van der Waals surface area contributed by atoms with E-state index in [-0.39, 0.29) is 5.91 Å². The van der Waals surface area contributed by atoms with Crippen molar-refractivity contribution >= 4 is 5.91 Å². The van der Waals surface area contributed by atoms with E-state index in [0.29, 0.717) is 6.04 Å². The highest BCUT2D eigenvalue weighted by Crippen LogP contribution is 2.40. The van der Waals surface area contributed by atoms with Gasteiger partial charge in [0.15, 0.2) is 0 Å². The molecule has 0 aliphatic heterocycles. The summed E-state index contributed by atoms with van der Waals surface area (Å²) >= 11 is 0. The fourth-order valence-corrected chi connectivity index (χ4v) is 3.86. The Labute approximate surface area is 115 Å². The topological polar surface area (TPSA) is 29.1 Å². The number of benzene rings is 1. The van der Waals surface area contributed by atoms with Gasteiger partial charge in [0.25, 0.3) is 5.91 Å². The van der Waals surface area contributed by atoms with E-state index in [1.165, 1.54) is 44.9 Å². The maximum Gasteiger partial charge on any atom is 0.251 e. The van der Waals surface area contributed by atoms with Crippen molar-refractivity contribution in [2.45, 2.75) is 51.0 Å². The molecule has 0 aromatic heterocycles. The molecule has 1 aromatic rings. The minimum Gasteiger partial charge on any atom is -0.349 e. The van der Waals surface area contributed by atoms with E-state index in [0.717, 1.165) is 17.4 Å². The van der Waals surface area contributed by atoms with Crippen LogP contribution in [-0.2, 0) is 0 Å². The zero-order chi connectivity index (χ0) is 13.1. The molecule has 0 heterocycles. The second-order valence-electron chi connectivity index (χ2n) is 6.15. The summed E-state index contributed by atoms with van der Waals surface area (Å²) in [4.78, 5) is 12.2. The summed E-state index contributed by atoms with van der Waals surface area (Å²) in [5, 5.41) is 3.23. The molecule has 3 atom stereocenters. The van der Waals surface area contributed by atoms with Crippen LogP contribution in [0.5, 0.6) is 0 Å². The molecule has 0 spiro atoms. The van der Waals surface area contributed by atoms with Crippen LogP contribution < -0.4 is 5.32 Å². The molecule has 0 saturated heterocycles. The molecule has 2 aliphatic rings. The number of hydrogen-bond donors (Lipinski definition) is 1. The third-order valence-electron chi connectivity index (χ3n) is 4.91. The number of rotatable bonds is 2. The van der Waals surface area contributed by atoms with Crippen molar-refractivity contribution < 1.29 is 4.79 Å². The van der Waals surface area contributed by atoms with Crippen molar-refractivity contribution in [2.75, 3.05) is 0 Å². The van der Waals surface area contributed by atoms with Crippen molar-refractivity contribution in [2.24, 2.45) is 11.8 Å². The Morgan fingerprint density at radius 1 is 0.947 bits per heavy atom. The maximum atomic E-state index is 12.2. The summed E-state index contributed by atoms with van der Waals surface area (Å²) in [6.45, 7) is 0. The highest BCUT2D eigenvalue weighted by molar-refractivity contribution is 5.94. The first-order valence-corrected chi connectivity index (χ1v) is 7.69. The number of carbonyl (C=O) groups is 1. The van der Waals surface area contributed by atoms with Gasteiger partial charge in [0.1, 0.15) is 0 Å². The zero-order valence-corrected chi connectivity index (χ0v) is 11.5. The van der Waals surface area contributed by atoms with Crippen molar-refractivity contribution in [3.05, 3.63) is 35.9 Å². The number of fused-ring (bicyclic) bond motifs is 1. The smallest absolute Gasteiger partial charge is 0.251 e. The number of hydrogen-bond acceptors (Lipinski definition) is 1. The molecule has 0 unspecified atom stereocenters. The number of nitrogens with one attached hydrogen (secondary N) is 1. The average Bonchev–Trinajstić information content (AvgIpc) is 2.48. The molecule has 3 rings (SSSR count). The first-order valence-electron chi connectivity index (χ1n) is 7.69. The lowest BCUT2D eigenvalue weighted by Gasteiger charge is -2.39. The van der Waals surface area contributed by atoms with E-state index in [2.05, 4.69) is 5.32 Å². The molecule has 2 aliphatic carbocycles. The molecule has 1 aromatic carbocycles. The predicted octanol–water partition coefficient (Wildman–Crippen LogP) is 3.78. The Morgan fingerprint density at radius 3 is 2.47 bits per heavy atom. The van der Waals surface area contributed by atoms with Gasteiger partial charge in [0, 0.05) is 11.6 Å². The normalized spacial score (nSPS) is 30.4. The molecular formula is C17H23NO. The van der Waals surface area contributed by atoms with Gasteiger partial charge >= 0.3 is 0 Å². The van der Waals surface area contributed by atoms with E-state index >= 15 is 0 Å². The molecular weight excluding hydrogens is 234 g/mol. The van der Waals surface area contributed by atoms with Crippen LogP contribution in [0.1, 0.15) is 55.3 Å². The van der Waals surface area contributed by atoms with E-state index in [1.807, 2.05) is 30.3 Å². The van der Waals surface area contributed by atoms with Crippen LogP contribution in [0.2, 0.25) is 0 Å². The van der Waals surface area contributed by atoms with Crippen molar-refractivity contribution in [3.8, 4) is 0 Å². The second kappa shape index (κ2) is 5.77. The molecule has 2 saturated carbocycles. The van der Waals surface area contributed by atoms with Crippen molar-refractivity contribution in [1.29, 1.82) is 0 Å². The first kappa shape index (κ1) is 12.7. The summed E-state index contributed by atoms with van der Waals surface area (Å²) in [5.41, 5.74) is 0.785. The van der Waals surface area contributed by atoms with E-state index in [4.69, 9.17) is 0 Å². The minimum atomic E-state index is 0.0971. The second-order valence-corrected chi connectivity index (χ2v) is 6.15. The quantitative estimate of drug-likeness (QED) is 0.858. The lowest BCUT2D eigenvalue weighted by Crippen LogP contribution is -2.41. The zero-order valence-electron chi connectivity index (χ0n) is 11.5. The summed E-state index contributed by atoms with van der Waals surface area (Å²) in [5.74, 6) is 1.90. The fourth-order valence-electron chi connectivity index (χ4n) is 3.86. The van der Waals surface area contributed by atoms with Crippen LogP contribution in [0.4, 0.5) is 0 Å². The maximum absolute atomic E-state index is 12.2. The van der Waals surface area contributed by atoms with Crippen LogP contribution in [0.3, 0.4) is 0 Å². The SMILES string of the molecule is O=C(N[C@@H]1CC[C@@H]2CCCC[C@@H]2C1)c1ccccc1. The molecule has 0 bridgehead atoms. The molecule has 1 amide bonds. The van der Waals surface area contributed by atoms with E-state index in [9.17, 15) is 4.79 Å². The lowest BCUT2D eigenvalue weighted by molar-refractivity contribution is 0.0879. The highest BCUT2D eigenvalue weighted by atomic mass is 16.1. The third-order valence-corrected chi connectivity index (χ3v) is 4.91. The van der Waals surface area contributed by atoms with Gasteiger partial charge in [0.05, 0.1) is 0 Å². The number of carbonyl (C=O) groups excluding carboxylic acids is 1. The van der Waals surface area contributed by atoms with Gasteiger partial charge in [-0.05, 0) is 43.2 Å². The average molecular weight is 257 g/mol.